The minimum atomic E-state index is 0.611. The molecule has 1 aliphatic rings. The number of benzene rings is 1. The van der Waals surface area contributed by atoms with E-state index in [-0.39, 0.29) is 0 Å². The van der Waals surface area contributed by atoms with Crippen LogP contribution < -0.4 is 5.32 Å². The number of anilines is 1. The van der Waals surface area contributed by atoms with E-state index in [9.17, 15) is 0 Å². The number of aryl methyl sites for hydroxylation is 1. The first-order valence-corrected chi connectivity index (χ1v) is 10.0. The van der Waals surface area contributed by atoms with E-state index in [1.165, 1.54) is 35.2 Å². The van der Waals surface area contributed by atoms with Crippen molar-refractivity contribution in [2.24, 2.45) is 5.92 Å². The lowest BCUT2D eigenvalue weighted by Crippen LogP contribution is -2.11. The second-order valence-corrected chi connectivity index (χ2v) is 6.86. The minimum Gasteiger partial charge on any atom is -0.385 e. The number of hydrogen-bond donors (Lipinski definition) is 1. The van der Waals surface area contributed by atoms with Gasteiger partial charge in [0.2, 0.25) is 0 Å². The zero-order valence-corrected chi connectivity index (χ0v) is 17.7. The molecule has 0 heterocycles. The van der Waals surface area contributed by atoms with Gasteiger partial charge < -0.3 is 5.32 Å². The molecule has 0 fully saturated rings. The third-order valence-electron chi connectivity index (χ3n) is 5.03. The second kappa shape index (κ2) is 11.6. The van der Waals surface area contributed by atoms with Gasteiger partial charge in [0.1, 0.15) is 0 Å². The van der Waals surface area contributed by atoms with Crippen molar-refractivity contribution in [3.8, 4) is 0 Å². The van der Waals surface area contributed by atoms with Gasteiger partial charge >= 0.3 is 0 Å². The highest BCUT2D eigenvalue weighted by Gasteiger charge is 2.12. The smallest absolute Gasteiger partial charge is 0.0376 e. The van der Waals surface area contributed by atoms with Crippen molar-refractivity contribution in [1.29, 1.82) is 0 Å². The largest absolute Gasteiger partial charge is 0.385 e. The SMILES string of the molecule is C=C/C=C\c1c(C)ccc(NCCC(C)C2=C(C)CCC=C2)c1C.CC. The highest BCUT2D eigenvalue weighted by Crippen LogP contribution is 2.28. The van der Waals surface area contributed by atoms with Gasteiger partial charge in [-0.15, -0.1) is 0 Å². The molecule has 1 nitrogen and oxygen atoms in total. The van der Waals surface area contributed by atoms with E-state index in [0.29, 0.717) is 5.92 Å². The minimum absolute atomic E-state index is 0.611. The molecule has 2 rings (SSSR count). The molecule has 0 amide bonds. The summed E-state index contributed by atoms with van der Waals surface area (Å²) in [4.78, 5) is 0. The predicted octanol–water partition coefficient (Wildman–Crippen LogP) is 7.63. The summed E-state index contributed by atoms with van der Waals surface area (Å²) in [5.41, 5.74) is 8.25. The molecule has 0 aromatic heterocycles. The molecule has 1 heteroatoms. The van der Waals surface area contributed by atoms with Gasteiger partial charge in [0, 0.05) is 12.2 Å². The zero-order valence-electron chi connectivity index (χ0n) is 17.7. The fraction of sp³-hybridized carbons (Fsp3) is 0.440. The number of rotatable bonds is 7. The topological polar surface area (TPSA) is 12.0 Å². The summed E-state index contributed by atoms with van der Waals surface area (Å²) in [6.45, 7) is 17.7. The molecule has 26 heavy (non-hydrogen) atoms. The molecule has 1 aromatic carbocycles. The van der Waals surface area contributed by atoms with E-state index in [4.69, 9.17) is 0 Å². The molecule has 0 radical (unpaired) electrons. The Balaban J connectivity index is 0.00000163. The molecule has 0 saturated carbocycles. The van der Waals surface area contributed by atoms with Crippen LogP contribution in [-0.2, 0) is 0 Å². The lowest BCUT2D eigenvalue weighted by molar-refractivity contribution is 0.633. The molecule has 1 aromatic rings. The fourth-order valence-electron chi connectivity index (χ4n) is 3.44. The number of hydrogen-bond acceptors (Lipinski definition) is 1. The van der Waals surface area contributed by atoms with Gasteiger partial charge in [-0.25, -0.2) is 0 Å². The Morgan fingerprint density at radius 1 is 1.19 bits per heavy atom. The highest BCUT2D eigenvalue weighted by molar-refractivity contribution is 5.67. The molecule has 0 saturated heterocycles. The Bertz CT molecular complexity index is 674. The summed E-state index contributed by atoms with van der Waals surface area (Å²) < 4.78 is 0. The maximum Gasteiger partial charge on any atom is 0.0376 e. The Kier molecular flexibility index (Phi) is 9.80. The van der Waals surface area contributed by atoms with E-state index in [0.717, 1.165) is 13.0 Å². The van der Waals surface area contributed by atoms with Crippen molar-refractivity contribution < 1.29 is 0 Å². The van der Waals surface area contributed by atoms with E-state index in [1.807, 2.05) is 26.0 Å². The fourth-order valence-corrected chi connectivity index (χ4v) is 3.44. The van der Waals surface area contributed by atoms with Gasteiger partial charge in [-0.2, -0.15) is 0 Å². The monoisotopic (exact) mass is 351 g/mol. The van der Waals surface area contributed by atoms with Gasteiger partial charge in [0.25, 0.3) is 0 Å². The molecule has 1 N–H and O–H groups in total. The lowest BCUT2D eigenvalue weighted by atomic mass is 9.88. The lowest BCUT2D eigenvalue weighted by Gasteiger charge is -2.20. The molecule has 0 aliphatic heterocycles. The first-order valence-electron chi connectivity index (χ1n) is 10.0. The van der Waals surface area contributed by atoms with Gasteiger partial charge in [-0.05, 0) is 74.3 Å². The molecule has 1 atom stereocenters. The predicted molar refractivity (Wildman–Crippen MR) is 120 cm³/mol. The summed E-state index contributed by atoms with van der Waals surface area (Å²) in [6, 6.07) is 4.39. The average Bonchev–Trinajstić information content (AvgIpc) is 2.65. The maximum absolute atomic E-state index is 3.76. The average molecular weight is 352 g/mol. The van der Waals surface area contributed by atoms with Gasteiger partial charge in [-0.3, -0.25) is 0 Å². The molecule has 142 valence electrons. The number of allylic oxidation sites excluding steroid dienone is 6. The third kappa shape index (κ3) is 6.05. The van der Waals surface area contributed by atoms with E-state index < -0.39 is 0 Å². The van der Waals surface area contributed by atoms with Crippen LogP contribution in [0.1, 0.15) is 63.6 Å². The van der Waals surface area contributed by atoms with Crippen LogP contribution in [0.25, 0.3) is 6.08 Å². The first kappa shape index (κ1) is 22.0. The molecular formula is C25H37N. The Labute approximate surface area is 161 Å². The Hall–Kier alpha value is -2.02. The first-order chi connectivity index (χ1) is 12.5. The summed E-state index contributed by atoms with van der Waals surface area (Å²) in [6.07, 6.45) is 14.2. The van der Waals surface area contributed by atoms with Crippen molar-refractivity contribution in [1.82, 2.24) is 0 Å². The van der Waals surface area contributed by atoms with Crippen LogP contribution >= 0.6 is 0 Å². The second-order valence-electron chi connectivity index (χ2n) is 6.86. The molecular weight excluding hydrogens is 314 g/mol. The maximum atomic E-state index is 3.76. The van der Waals surface area contributed by atoms with Gasteiger partial charge in [-0.1, -0.05) is 69.4 Å². The van der Waals surface area contributed by atoms with E-state index >= 15 is 0 Å². The van der Waals surface area contributed by atoms with Crippen LogP contribution in [0.2, 0.25) is 0 Å². The normalized spacial score (nSPS) is 14.8. The molecule has 0 bridgehead atoms. The Morgan fingerprint density at radius 2 is 1.92 bits per heavy atom. The quantitative estimate of drug-likeness (QED) is 0.498. The summed E-state index contributed by atoms with van der Waals surface area (Å²) >= 11 is 0. The van der Waals surface area contributed by atoms with Crippen molar-refractivity contribution in [3.05, 3.63) is 70.9 Å². The summed E-state index contributed by atoms with van der Waals surface area (Å²) in [5, 5.41) is 3.64. The van der Waals surface area contributed by atoms with Crippen LogP contribution in [0.3, 0.4) is 0 Å². The standard InChI is InChI=1S/C23H31N.C2H6/c1-6-7-11-22-18(3)13-14-23(20(22)5)24-16-15-19(4)21-12-9-8-10-17(21)2;1-2/h6-7,9,11-14,19,24H,1,8,10,15-16H2,2-5H3;1-2H3/b11-7-;. The van der Waals surface area contributed by atoms with Gasteiger partial charge in [0.05, 0.1) is 0 Å². The Morgan fingerprint density at radius 3 is 2.58 bits per heavy atom. The van der Waals surface area contributed by atoms with Crippen molar-refractivity contribution in [2.75, 3.05) is 11.9 Å². The molecule has 0 spiro atoms. The summed E-state index contributed by atoms with van der Waals surface area (Å²) in [5.74, 6) is 0.611. The summed E-state index contributed by atoms with van der Waals surface area (Å²) in [7, 11) is 0. The van der Waals surface area contributed by atoms with Crippen LogP contribution in [0.15, 0.2) is 54.2 Å². The van der Waals surface area contributed by atoms with Crippen molar-refractivity contribution in [2.45, 2.75) is 60.8 Å². The van der Waals surface area contributed by atoms with Crippen molar-refractivity contribution in [3.63, 3.8) is 0 Å². The highest BCUT2D eigenvalue weighted by atomic mass is 14.9. The van der Waals surface area contributed by atoms with Crippen LogP contribution in [0.5, 0.6) is 0 Å². The third-order valence-corrected chi connectivity index (χ3v) is 5.03. The molecule has 1 unspecified atom stereocenters. The van der Waals surface area contributed by atoms with E-state index in [2.05, 4.69) is 70.0 Å². The van der Waals surface area contributed by atoms with Crippen LogP contribution in [0.4, 0.5) is 5.69 Å². The van der Waals surface area contributed by atoms with Crippen LogP contribution in [-0.4, -0.2) is 6.54 Å². The van der Waals surface area contributed by atoms with Crippen molar-refractivity contribution >= 4 is 11.8 Å². The number of nitrogens with one attached hydrogen (secondary N) is 1. The zero-order chi connectivity index (χ0) is 19.5. The molecule has 1 aliphatic carbocycles. The van der Waals surface area contributed by atoms with Gasteiger partial charge in [0.15, 0.2) is 0 Å². The van der Waals surface area contributed by atoms with E-state index in [1.54, 1.807) is 11.1 Å². The van der Waals surface area contributed by atoms with Crippen LogP contribution in [0, 0.1) is 19.8 Å².